The van der Waals surface area contributed by atoms with E-state index in [-0.39, 0.29) is 6.10 Å². The van der Waals surface area contributed by atoms with Crippen molar-refractivity contribution in [2.45, 2.75) is 38.9 Å². The Labute approximate surface area is 130 Å². The molecule has 1 aliphatic rings. The number of aliphatic hydroxyl groups is 1. The Morgan fingerprint density at radius 2 is 2.14 bits per heavy atom. The molecule has 0 saturated carbocycles. The van der Waals surface area contributed by atoms with Crippen LogP contribution < -0.4 is 4.74 Å². The van der Waals surface area contributed by atoms with E-state index in [1.807, 2.05) is 43.3 Å². The smallest absolute Gasteiger partial charge is 0.123 e. The van der Waals surface area contributed by atoms with Crippen LogP contribution in [-0.2, 0) is 13.0 Å². The SMILES string of the molecule is Cc1ccc(COc2cccc3c2CCCC3O)c(Cl)c1. The summed E-state index contributed by atoms with van der Waals surface area (Å²) >= 11 is 6.24. The number of aliphatic hydroxyl groups excluding tert-OH is 1. The van der Waals surface area contributed by atoms with Crippen LogP contribution in [0.1, 0.15) is 41.2 Å². The molecule has 3 rings (SSSR count). The molecule has 0 radical (unpaired) electrons. The van der Waals surface area contributed by atoms with Crippen LogP contribution in [0.15, 0.2) is 36.4 Å². The Balaban J connectivity index is 1.81. The van der Waals surface area contributed by atoms with Crippen LogP contribution in [0.4, 0.5) is 0 Å². The van der Waals surface area contributed by atoms with E-state index in [9.17, 15) is 5.11 Å². The molecule has 0 spiro atoms. The first-order valence-electron chi connectivity index (χ1n) is 7.33. The average molecular weight is 303 g/mol. The Morgan fingerprint density at radius 1 is 1.29 bits per heavy atom. The Bertz CT molecular complexity index is 652. The number of hydrogen-bond acceptors (Lipinski definition) is 2. The minimum Gasteiger partial charge on any atom is -0.489 e. The van der Waals surface area contributed by atoms with Crippen LogP contribution in [0.2, 0.25) is 5.02 Å². The minimum absolute atomic E-state index is 0.361. The van der Waals surface area contributed by atoms with Crippen molar-refractivity contribution < 1.29 is 9.84 Å². The lowest BCUT2D eigenvalue weighted by atomic mass is 9.89. The zero-order valence-electron chi connectivity index (χ0n) is 12.1. The molecule has 1 atom stereocenters. The summed E-state index contributed by atoms with van der Waals surface area (Å²) in [7, 11) is 0. The van der Waals surface area contributed by atoms with E-state index in [0.717, 1.165) is 52.3 Å². The molecule has 0 fully saturated rings. The Kier molecular flexibility index (Phi) is 4.18. The van der Waals surface area contributed by atoms with E-state index in [4.69, 9.17) is 16.3 Å². The molecule has 0 aromatic heterocycles. The van der Waals surface area contributed by atoms with Gasteiger partial charge in [0.2, 0.25) is 0 Å². The number of ether oxygens (including phenoxy) is 1. The summed E-state index contributed by atoms with van der Waals surface area (Å²) in [6.07, 6.45) is 2.44. The lowest BCUT2D eigenvalue weighted by Crippen LogP contribution is -2.11. The molecule has 0 bridgehead atoms. The lowest BCUT2D eigenvalue weighted by Gasteiger charge is -2.23. The number of hydrogen-bond donors (Lipinski definition) is 1. The van der Waals surface area contributed by atoms with Crippen LogP contribution in [-0.4, -0.2) is 5.11 Å². The van der Waals surface area contributed by atoms with E-state index in [1.165, 1.54) is 0 Å². The zero-order valence-corrected chi connectivity index (χ0v) is 12.9. The summed E-state index contributed by atoms with van der Waals surface area (Å²) in [6, 6.07) is 11.9. The second-order valence-electron chi connectivity index (χ2n) is 5.62. The van der Waals surface area contributed by atoms with Crippen molar-refractivity contribution in [1.82, 2.24) is 0 Å². The number of fused-ring (bicyclic) bond motifs is 1. The van der Waals surface area contributed by atoms with Crippen LogP contribution in [0.25, 0.3) is 0 Å². The van der Waals surface area contributed by atoms with Gasteiger partial charge < -0.3 is 9.84 Å². The molecule has 1 aliphatic carbocycles. The fourth-order valence-electron chi connectivity index (χ4n) is 2.85. The van der Waals surface area contributed by atoms with Crippen molar-refractivity contribution in [3.05, 3.63) is 63.7 Å². The number of halogens is 1. The van der Waals surface area contributed by atoms with Gasteiger partial charge in [-0.15, -0.1) is 0 Å². The van der Waals surface area contributed by atoms with Crippen molar-refractivity contribution in [3.63, 3.8) is 0 Å². The van der Waals surface area contributed by atoms with Crippen molar-refractivity contribution in [3.8, 4) is 5.75 Å². The van der Waals surface area contributed by atoms with E-state index < -0.39 is 0 Å². The molecule has 1 N–H and O–H groups in total. The van der Waals surface area contributed by atoms with Gasteiger partial charge in [0.05, 0.1) is 6.10 Å². The number of rotatable bonds is 3. The maximum Gasteiger partial charge on any atom is 0.123 e. The number of benzene rings is 2. The predicted octanol–water partition coefficient (Wildman–Crippen LogP) is 4.60. The zero-order chi connectivity index (χ0) is 14.8. The Hall–Kier alpha value is -1.51. The normalized spacial score (nSPS) is 17.4. The quantitative estimate of drug-likeness (QED) is 0.898. The molecular weight excluding hydrogens is 284 g/mol. The molecule has 2 aromatic rings. The highest BCUT2D eigenvalue weighted by Gasteiger charge is 2.20. The first-order valence-corrected chi connectivity index (χ1v) is 7.70. The third kappa shape index (κ3) is 3.07. The van der Waals surface area contributed by atoms with Gasteiger partial charge in [0.15, 0.2) is 0 Å². The van der Waals surface area contributed by atoms with Crippen LogP contribution >= 0.6 is 11.6 Å². The molecule has 0 saturated heterocycles. The molecule has 110 valence electrons. The molecule has 0 heterocycles. The highest BCUT2D eigenvalue weighted by atomic mass is 35.5. The van der Waals surface area contributed by atoms with Gasteiger partial charge in [0.25, 0.3) is 0 Å². The molecule has 2 nitrogen and oxygen atoms in total. The van der Waals surface area contributed by atoms with Crippen molar-refractivity contribution in [1.29, 1.82) is 0 Å². The Morgan fingerprint density at radius 3 is 2.95 bits per heavy atom. The van der Waals surface area contributed by atoms with Crippen LogP contribution in [0.3, 0.4) is 0 Å². The summed E-state index contributed by atoms with van der Waals surface area (Å²) in [6.45, 7) is 2.47. The van der Waals surface area contributed by atoms with Crippen molar-refractivity contribution >= 4 is 11.6 Å². The van der Waals surface area contributed by atoms with Gasteiger partial charge >= 0.3 is 0 Å². The van der Waals surface area contributed by atoms with Gasteiger partial charge in [-0.1, -0.05) is 35.9 Å². The van der Waals surface area contributed by atoms with Gasteiger partial charge in [-0.05, 0) is 55.0 Å². The van der Waals surface area contributed by atoms with Crippen LogP contribution in [0, 0.1) is 6.92 Å². The second-order valence-corrected chi connectivity index (χ2v) is 6.02. The first kappa shape index (κ1) is 14.4. The second kappa shape index (κ2) is 6.08. The molecule has 0 amide bonds. The van der Waals surface area contributed by atoms with E-state index in [2.05, 4.69) is 0 Å². The van der Waals surface area contributed by atoms with Crippen LogP contribution in [0.5, 0.6) is 5.75 Å². The average Bonchev–Trinajstić information content (AvgIpc) is 2.47. The van der Waals surface area contributed by atoms with Gasteiger partial charge in [-0.25, -0.2) is 0 Å². The molecule has 1 unspecified atom stereocenters. The van der Waals surface area contributed by atoms with Gasteiger partial charge in [-0.3, -0.25) is 0 Å². The maximum absolute atomic E-state index is 10.1. The highest BCUT2D eigenvalue weighted by molar-refractivity contribution is 6.31. The topological polar surface area (TPSA) is 29.5 Å². The van der Waals surface area contributed by atoms with Gasteiger partial charge in [0, 0.05) is 10.6 Å². The highest BCUT2D eigenvalue weighted by Crippen LogP contribution is 2.35. The van der Waals surface area contributed by atoms with E-state index in [1.54, 1.807) is 0 Å². The van der Waals surface area contributed by atoms with E-state index in [0.29, 0.717) is 6.61 Å². The molecule has 3 heteroatoms. The maximum atomic E-state index is 10.1. The van der Waals surface area contributed by atoms with Gasteiger partial charge in [0.1, 0.15) is 12.4 Å². The van der Waals surface area contributed by atoms with Gasteiger partial charge in [-0.2, -0.15) is 0 Å². The summed E-state index contributed by atoms with van der Waals surface area (Å²) in [5.74, 6) is 0.864. The van der Waals surface area contributed by atoms with E-state index >= 15 is 0 Å². The third-order valence-corrected chi connectivity index (χ3v) is 4.38. The first-order chi connectivity index (χ1) is 10.1. The minimum atomic E-state index is -0.361. The monoisotopic (exact) mass is 302 g/mol. The molecular formula is C18H19ClO2. The van der Waals surface area contributed by atoms with Crippen molar-refractivity contribution in [2.24, 2.45) is 0 Å². The standard InChI is InChI=1S/C18H19ClO2/c1-12-8-9-13(16(19)10-12)11-21-18-7-3-4-14-15(18)5-2-6-17(14)20/h3-4,7-10,17,20H,2,5-6,11H2,1H3. The molecule has 21 heavy (non-hydrogen) atoms. The molecule has 2 aromatic carbocycles. The number of aryl methyl sites for hydroxylation is 1. The fraction of sp³-hybridized carbons (Fsp3) is 0.333. The summed E-state index contributed by atoms with van der Waals surface area (Å²) in [5.41, 5.74) is 4.27. The van der Waals surface area contributed by atoms with Crippen molar-refractivity contribution in [2.75, 3.05) is 0 Å². The predicted molar refractivity (Wildman–Crippen MR) is 84.9 cm³/mol. The molecule has 0 aliphatic heterocycles. The lowest BCUT2D eigenvalue weighted by molar-refractivity contribution is 0.155. The summed E-state index contributed by atoms with van der Waals surface area (Å²) in [5, 5.41) is 10.8. The summed E-state index contributed by atoms with van der Waals surface area (Å²) < 4.78 is 5.96. The summed E-state index contributed by atoms with van der Waals surface area (Å²) in [4.78, 5) is 0. The third-order valence-electron chi connectivity index (χ3n) is 4.02. The largest absolute Gasteiger partial charge is 0.489 e. The fourth-order valence-corrected chi connectivity index (χ4v) is 3.14.